The van der Waals surface area contributed by atoms with Crippen LogP contribution in [0.3, 0.4) is 0 Å². The van der Waals surface area contributed by atoms with Crippen molar-refractivity contribution in [3.8, 4) is 0 Å². The van der Waals surface area contributed by atoms with Gasteiger partial charge in [-0.05, 0) is 48.9 Å². The molecule has 0 aliphatic carbocycles. The number of aryl methyl sites for hydroxylation is 1. The molecule has 110 valence electrons. The molecule has 0 aromatic heterocycles. The number of halogens is 1. The summed E-state index contributed by atoms with van der Waals surface area (Å²) in [4.78, 5) is 12.1. The number of hydrogen-bond donors (Lipinski definition) is 0. The summed E-state index contributed by atoms with van der Waals surface area (Å²) in [6.45, 7) is 1.81. The number of benzene rings is 2. The van der Waals surface area contributed by atoms with Crippen LogP contribution in [0.4, 0.5) is 4.39 Å². The average Bonchev–Trinajstić information content (AvgIpc) is 2.45. The number of carbonyl (C=O) groups excluding carboxylic acids is 1. The van der Waals surface area contributed by atoms with Crippen molar-refractivity contribution in [2.24, 2.45) is 0 Å². The minimum atomic E-state index is -3.49. The molecule has 0 bridgehead atoms. The highest BCUT2D eigenvalue weighted by Gasteiger charge is 2.17. The first-order valence-electron chi connectivity index (χ1n) is 6.47. The van der Waals surface area contributed by atoms with Gasteiger partial charge in [-0.2, -0.15) is 0 Å². The normalized spacial score (nSPS) is 11.3. The van der Waals surface area contributed by atoms with E-state index in [0.717, 1.165) is 5.56 Å². The first kappa shape index (κ1) is 15.4. The van der Waals surface area contributed by atoms with Crippen LogP contribution in [0.25, 0.3) is 0 Å². The highest BCUT2D eigenvalue weighted by molar-refractivity contribution is 7.91. The molecule has 0 atom stereocenters. The Morgan fingerprint density at radius 3 is 2.38 bits per heavy atom. The second-order valence-electron chi connectivity index (χ2n) is 4.82. The second kappa shape index (κ2) is 6.18. The number of carbonyl (C=O) groups is 1. The maximum atomic E-state index is 12.8. The van der Waals surface area contributed by atoms with E-state index in [0.29, 0.717) is 5.56 Å². The Hall–Kier alpha value is -2.01. The molecule has 0 heterocycles. The second-order valence-corrected chi connectivity index (χ2v) is 6.92. The van der Waals surface area contributed by atoms with Gasteiger partial charge in [0.1, 0.15) is 5.82 Å². The first-order chi connectivity index (χ1) is 9.88. The van der Waals surface area contributed by atoms with Gasteiger partial charge in [0.25, 0.3) is 0 Å². The zero-order valence-corrected chi connectivity index (χ0v) is 12.4. The predicted octanol–water partition coefficient (Wildman–Crippen LogP) is 3.18. The summed E-state index contributed by atoms with van der Waals surface area (Å²) in [6, 6.07) is 11.7. The SMILES string of the molecule is Cc1cccc(S(=O)(=O)CCC(=O)c2ccc(F)cc2)c1. The molecular weight excluding hydrogens is 291 g/mol. The Morgan fingerprint density at radius 2 is 1.76 bits per heavy atom. The van der Waals surface area contributed by atoms with Crippen LogP contribution in [-0.4, -0.2) is 20.0 Å². The Morgan fingerprint density at radius 1 is 1.10 bits per heavy atom. The predicted molar refractivity (Wildman–Crippen MR) is 78.6 cm³/mol. The van der Waals surface area contributed by atoms with Crippen LogP contribution in [-0.2, 0) is 9.84 Å². The molecule has 0 unspecified atom stereocenters. The lowest BCUT2D eigenvalue weighted by atomic mass is 10.1. The fourth-order valence-corrected chi connectivity index (χ4v) is 3.28. The van der Waals surface area contributed by atoms with Crippen molar-refractivity contribution in [1.82, 2.24) is 0 Å². The summed E-state index contributed by atoms with van der Waals surface area (Å²) in [6.07, 6.45) is -0.123. The van der Waals surface area contributed by atoms with Gasteiger partial charge in [-0.1, -0.05) is 12.1 Å². The topological polar surface area (TPSA) is 51.2 Å². The Kier molecular flexibility index (Phi) is 4.53. The summed E-state index contributed by atoms with van der Waals surface area (Å²) >= 11 is 0. The summed E-state index contributed by atoms with van der Waals surface area (Å²) < 4.78 is 37.1. The number of rotatable bonds is 5. The summed E-state index contributed by atoms with van der Waals surface area (Å²) in [5.74, 6) is -1.00. The minimum absolute atomic E-state index is 0.123. The zero-order valence-electron chi connectivity index (χ0n) is 11.5. The fourth-order valence-electron chi connectivity index (χ4n) is 1.93. The molecule has 0 saturated heterocycles. The van der Waals surface area contributed by atoms with Crippen LogP contribution in [0.1, 0.15) is 22.3 Å². The van der Waals surface area contributed by atoms with Crippen molar-refractivity contribution in [1.29, 1.82) is 0 Å². The van der Waals surface area contributed by atoms with E-state index in [4.69, 9.17) is 0 Å². The largest absolute Gasteiger partial charge is 0.294 e. The van der Waals surface area contributed by atoms with Gasteiger partial charge in [-0.3, -0.25) is 4.79 Å². The third-order valence-electron chi connectivity index (χ3n) is 3.11. The van der Waals surface area contributed by atoms with E-state index < -0.39 is 15.7 Å². The van der Waals surface area contributed by atoms with Crippen molar-refractivity contribution in [3.63, 3.8) is 0 Å². The molecule has 0 amide bonds. The average molecular weight is 306 g/mol. The highest BCUT2D eigenvalue weighted by atomic mass is 32.2. The number of hydrogen-bond acceptors (Lipinski definition) is 3. The van der Waals surface area contributed by atoms with Crippen LogP contribution in [0.2, 0.25) is 0 Å². The van der Waals surface area contributed by atoms with Crippen LogP contribution in [0, 0.1) is 12.7 Å². The van der Waals surface area contributed by atoms with E-state index in [1.165, 1.54) is 30.3 Å². The van der Waals surface area contributed by atoms with Crippen LogP contribution >= 0.6 is 0 Å². The molecule has 0 radical (unpaired) electrons. The minimum Gasteiger partial charge on any atom is -0.294 e. The maximum Gasteiger partial charge on any atom is 0.178 e. The van der Waals surface area contributed by atoms with Crippen LogP contribution in [0.15, 0.2) is 53.4 Å². The smallest absolute Gasteiger partial charge is 0.178 e. The molecule has 0 spiro atoms. The molecule has 21 heavy (non-hydrogen) atoms. The highest BCUT2D eigenvalue weighted by Crippen LogP contribution is 2.15. The Labute approximate surface area is 123 Å². The monoisotopic (exact) mass is 306 g/mol. The number of sulfone groups is 1. The first-order valence-corrected chi connectivity index (χ1v) is 8.12. The third kappa shape index (κ3) is 3.98. The van der Waals surface area contributed by atoms with Crippen molar-refractivity contribution >= 4 is 15.6 Å². The van der Waals surface area contributed by atoms with Gasteiger partial charge in [0.2, 0.25) is 0 Å². The van der Waals surface area contributed by atoms with Gasteiger partial charge >= 0.3 is 0 Å². The van der Waals surface area contributed by atoms with Crippen molar-refractivity contribution < 1.29 is 17.6 Å². The summed E-state index contributed by atoms with van der Waals surface area (Å²) in [7, 11) is -3.49. The van der Waals surface area contributed by atoms with E-state index in [2.05, 4.69) is 0 Å². The third-order valence-corrected chi connectivity index (χ3v) is 4.83. The number of ketones is 1. The molecule has 2 rings (SSSR count). The quantitative estimate of drug-likeness (QED) is 0.797. The van der Waals surface area contributed by atoms with E-state index >= 15 is 0 Å². The van der Waals surface area contributed by atoms with Crippen molar-refractivity contribution in [2.75, 3.05) is 5.75 Å². The van der Waals surface area contributed by atoms with E-state index in [1.807, 2.05) is 13.0 Å². The summed E-state index contributed by atoms with van der Waals surface area (Å²) in [5.41, 5.74) is 1.16. The van der Waals surface area contributed by atoms with Crippen molar-refractivity contribution in [2.45, 2.75) is 18.2 Å². The molecule has 0 N–H and O–H groups in total. The standard InChI is InChI=1S/C16H15FO3S/c1-12-3-2-4-15(11-12)21(19,20)10-9-16(18)13-5-7-14(17)8-6-13/h2-8,11H,9-10H2,1H3. The lowest BCUT2D eigenvalue weighted by Crippen LogP contribution is -2.12. The maximum absolute atomic E-state index is 12.8. The van der Waals surface area contributed by atoms with Gasteiger partial charge < -0.3 is 0 Å². The van der Waals surface area contributed by atoms with Crippen LogP contribution < -0.4 is 0 Å². The number of Topliss-reactive ketones (excluding diaryl/α,β-unsaturated/α-hetero) is 1. The van der Waals surface area contributed by atoms with Gasteiger partial charge in [-0.15, -0.1) is 0 Å². The molecule has 2 aromatic carbocycles. The van der Waals surface area contributed by atoms with Crippen molar-refractivity contribution in [3.05, 3.63) is 65.5 Å². The Bertz CT molecular complexity index is 749. The molecular formula is C16H15FO3S. The molecule has 0 fully saturated rings. The summed E-state index contributed by atoms with van der Waals surface area (Å²) in [5, 5.41) is 0. The molecule has 0 saturated carbocycles. The zero-order chi connectivity index (χ0) is 15.5. The van der Waals surface area contributed by atoms with Gasteiger partial charge in [-0.25, -0.2) is 12.8 Å². The Balaban J connectivity index is 2.08. The fraction of sp³-hybridized carbons (Fsp3) is 0.188. The van der Waals surface area contributed by atoms with Gasteiger partial charge in [0.15, 0.2) is 15.6 Å². The van der Waals surface area contributed by atoms with E-state index in [9.17, 15) is 17.6 Å². The molecule has 2 aromatic rings. The molecule has 3 nitrogen and oxygen atoms in total. The van der Waals surface area contributed by atoms with Gasteiger partial charge in [0.05, 0.1) is 10.6 Å². The lowest BCUT2D eigenvalue weighted by molar-refractivity contribution is 0.0988. The molecule has 5 heteroatoms. The van der Waals surface area contributed by atoms with Crippen LogP contribution in [0.5, 0.6) is 0 Å². The molecule has 0 aliphatic heterocycles. The van der Waals surface area contributed by atoms with E-state index in [1.54, 1.807) is 12.1 Å². The molecule has 0 aliphatic rings. The van der Waals surface area contributed by atoms with E-state index in [-0.39, 0.29) is 22.9 Å². The lowest BCUT2D eigenvalue weighted by Gasteiger charge is -2.05. The van der Waals surface area contributed by atoms with Gasteiger partial charge in [0, 0.05) is 12.0 Å².